The van der Waals surface area contributed by atoms with Crippen LogP contribution in [0.5, 0.6) is 0 Å². The molecule has 0 bridgehead atoms. The largest absolute Gasteiger partial charge is 0.463 e. The Morgan fingerprint density at radius 3 is 2.25 bits per heavy atom. The van der Waals surface area contributed by atoms with Crippen LogP contribution in [0.25, 0.3) is 0 Å². The highest BCUT2D eigenvalue weighted by molar-refractivity contribution is 9.10. The van der Waals surface area contributed by atoms with E-state index in [1.807, 2.05) is 15.9 Å². The number of alkyl halides is 3. The van der Waals surface area contributed by atoms with Crippen LogP contribution in [0.15, 0.2) is 0 Å². The Balaban J connectivity index is 2.95. The fourth-order valence-electron chi connectivity index (χ4n) is 2.03. The zero-order valence-corrected chi connectivity index (χ0v) is 14.2. The second-order valence-electron chi connectivity index (χ2n) is 5.08. The normalized spacial score (nSPS) is 30.4. The van der Waals surface area contributed by atoms with Crippen molar-refractivity contribution in [3.63, 3.8) is 0 Å². The van der Waals surface area contributed by atoms with Crippen LogP contribution in [0.3, 0.4) is 0 Å². The molecule has 138 valence electrons. The maximum absolute atomic E-state index is 13.0. The molecule has 0 radical (unpaired) electrons. The lowest BCUT2D eigenvalue weighted by Gasteiger charge is -2.42. The number of hydrogen-bond donors (Lipinski definition) is 4. The van der Waals surface area contributed by atoms with Crippen LogP contribution in [-0.2, 0) is 23.9 Å². The Bertz CT molecular complexity index is 500. The van der Waals surface area contributed by atoms with Crippen LogP contribution >= 0.6 is 15.9 Å². The van der Waals surface area contributed by atoms with E-state index in [9.17, 15) is 33.4 Å². The fraction of sp³-hybridized carbons (Fsp3) is 0.750. The van der Waals surface area contributed by atoms with Gasteiger partial charge in [0.05, 0.1) is 0 Å². The molecular formula is C12H17BrF2N2O7. The molecule has 5 atom stereocenters. The maximum atomic E-state index is 13.0. The van der Waals surface area contributed by atoms with Crippen molar-refractivity contribution in [2.45, 2.75) is 49.3 Å². The van der Waals surface area contributed by atoms with Crippen molar-refractivity contribution in [2.24, 2.45) is 0 Å². The van der Waals surface area contributed by atoms with Crippen molar-refractivity contribution in [1.29, 1.82) is 0 Å². The Morgan fingerprint density at radius 1 is 1.21 bits per heavy atom. The standard InChI is InChI=1S/C12H17BrF2N2O7/c1-4(18)16-7-9(21)8(20)6(3-23-5(2)19)24-10(7)17-11(22)12(13,14)15/h6-10,20-21H,3H2,1-2H3,(H,16,18)(H,17,22)/t6-,7-,8-,9-,10-/m1/s1. The number of halogens is 3. The molecule has 0 aromatic rings. The summed E-state index contributed by atoms with van der Waals surface area (Å²) >= 11 is 1.86. The zero-order chi connectivity index (χ0) is 18.7. The van der Waals surface area contributed by atoms with Gasteiger partial charge in [0.25, 0.3) is 0 Å². The molecule has 0 aliphatic carbocycles. The van der Waals surface area contributed by atoms with Gasteiger partial charge in [-0.05, 0) is 0 Å². The first-order chi connectivity index (χ1) is 10.9. The van der Waals surface area contributed by atoms with E-state index in [1.165, 1.54) is 0 Å². The van der Waals surface area contributed by atoms with Crippen LogP contribution in [0.2, 0.25) is 0 Å². The van der Waals surface area contributed by atoms with E-state index in [0.29, 0.717) is 0 Å². The third kappa shape index (κ3) is 5.61. The second-order valence-corrected chi connectivity index (χ2v) is 6.07. The smallest absolute Gasteiger partial charge is 0.377 e. The minimum Gasteiger partial charge on any atom is -0.463 e. The summed E-state index contributed by atoms with van der Waals surface area (Å²) in [5.41, 5.74) is 0. The van der Waals surface area contributed by atoms with Crippen molar-refractivity contribution in [1.82, 2.24) is 10.6 Å². The van der Waals surface area contributed by atoms with Crippen LogP contribution in [0.4, 0.5) is 8.78 Å². The third-order valence-electron chi connectivity index (χ3n) is 3.10. The van der Waals surface area contributed by atoms with E-state index in [2.05, 4.69) is 10.1 Å². The van der Waals surface area contributed by atoms with Crippen molar-refractivity contribution in [2.75, 3.05) is 6.61 Å². The summed E-state index contributed by atoms with van der Waals surface area (Å²) in [5, 5.41) is 24.0. The van der Waals surface area contributed by atoms with E-state index in [-0.39, 0.29) is 0 Å². The maximum Gasteiger partial charge on any atom is 0.377 e. The minimum absolute atomic E-state index is 0.489. The Hall–Kier alpha value is -1.37. The number of hydrogen-bond acceptors (Lipinski definition) is 7. The van der Waals surface area contributed by atoms with Gasteiger partial charge in [-0.15, -0.1) is 0 Å². The molecular weight excluding hydrogens is 402 g/mol. The van der Waals surface area contributed by atoms with E-state index in [4.69, 9.17) is 4.74 Å². The Kier molecular flexibility index (Phi) is 7.01. The van der Waals surface area contributed by atoms with Gasteiger partial charge in [0.15, 0.2) is 6.23 Å². The van der Waals surface area contributed by atoms with E-state index in [0.717, 1.165) is 13.8 Å². The average Bonchev–Trinajstić information content (AvgIpc) is 2.43. The van der Waals surface area contributed by atoms with Gasteiger partial charge in [-0.2, -0.15) is 8.78 Å². The minimum atomic E-state index is -3.91. The summed E-state index contributed by atoms with van der Waals surface area (Å²) in [7, 11) is 0. The lowest BCUT2D eigenvalue weighted by Crippen LogP contribution is -2.68. The quantitative estimate of drug-likeness (QED) is 0.318. The molecule has 0 aromatic carbocycles. The number of carbonyl (C=O) groups excluding carboxylic acids is 3. The summed E-state index contributed by atoms with van der Waals surface area (Å²) in [4.78, 5) is 29.5. The number of ether oxygens (including phenoxy) is 2. The summed E-state index contributed by atoms with van der Waals surface area (Å²) in [6, 6.07) is -1.40. The molecule has 9 nitrogen and oxygen atoms in total. The van der Waals surface area contributed by atoms with Gasteiger partial charge >= 0.3 is 16.7 Å². The first kappa shape index (κ1) is 20.7. The molecule has 1 aliphatic rings. The van der Waals surface area contributed by atoms with E-state index >= 15 is 0 Å². The SMILES string of the molecule is CC(=O)N[C@@H]1[C@@H](O)[C@H](O)[C@@H](COC(C)=O)O[C@H]1NC(=O)C(F)(F)Br. The van der Waals surface area contributed by atoms with E-state index in [1.54, 1.807) is 5.32 Å². The Morgan fingerprint density at radius 2 is 1.79 bits per heavy atom. The van der Waals surface area contributed by atoms with Crippen LogP contribution < -0.4 is 10.6 Å². The first-order valence-corrected chi connectivity index (χ1v) is 7.52. The van der Waals surface area contributed by atoms with Gasteiger partial charge in [-0.3, -0.25) is 14.4 Å². The average molecular weight is 419 g/mol. The monoisotopic (exact) mass is 418 g/mol. The third-order valence-corrected chi connectivity index (χ3v) is 3.46. The molecule has 2 amide bonds. The van der Waals surface area contributed by atoms with Crippen molar-refractivity contribution in [3.05, 3.63) is 0 Å². The Labute approximate surface area is 143 Å². The number of carbonyl (C=O) groups is 3. The van der Waals surface area contributed by atoms with E-state index < -0.39 is 59.8 Å². The number of rotatable bonds is 5. The number of esters is 1. The molecule has 12 heteroatoms. The van der Waals surface area contributed by atoms with Gasteiger partial charge in [0.2, 0.25) is 5.91 Å². The molecule has 0 aromatic heterocycles. The van der Waals surface area contributed by atoms with Crippen LogP contribution in [0, 0.1) is 0 Å². The van der Waals surface area contributed by atoms with Crippen molar-refractivity contribution < 1.29 is 42.9 Å². The predicted molar refractivity (Wildman–Crippen MR) is 76.9 cm³/mol. The second kappa shape index (κ2) is 8.14. The lowest BCUT2D eigenvalue weighted by atomic mass is 9.96. The number of aliphatic hydroxyl groups is 2. The number of aliphatic hydroxyl groups excluding tert-OH is 2. The topological polar surface area (TPSA) is 134 Å². The van der Waals surface area contributed by atoms with Gasteiger partial charge in [-0.25, -0.2) is 0 Å². The summed E-state index contributed by atoms with van der Waals surface area (Å²) in [6.07, 6.45) is -6.16. The molecule has 1 aliphatic heterocycles. The van der Waals surface area contributed by atoms with Gasteiger partial charge in [0, 0.05) is 29.8 Å². The van der Waals surface area contributed by atoms with Gasteiger partial charge in [0.1, 0.15) is 31.0 Å². The predicted octanol–water partition coefficient (Wildman–Crippen LogP) is -1.40. The number of nitrogens with one attached hydrogen (secondary N) is 2. The summed E-state index contributed by atoms with van der Waals surface area (Å²) in [5.74, 6) is -3.13. The lowest BCUT2D eigenvalue weighted by molar-refractivity contribution is -0.209. The number of amides is 2. The fourth-order valence-corrected chi connectivity index (χ4v) is 2.15. The molecule has 0 unspecified atom stereocenters. The van der Waals surface area contributed by atoms with Crippen LogP contribution in [0.1, 0.15) is 13.8 Å². The van der Waals surface area contributed by atoms with Gasteiger partial charge in [-0.1, -0.05) is 0 Å². The molecule has 0 saturated carbocycles. The first-order valence-electron chi connectivity index (χ1n) is 6.73. The highest BCUT2D eigenvalue weighted by atomic mass is 79.9. The van der Waals surface area contributed by atoms with Crippen molar-refractivity contribution in [3.8, 4) is 0 Å². The van der Waals surface area contributed by atoms with Crippen molar-refractivity contribution >= 4 is 33.7 Å². The zero-order valence-electron chi connectivity index (χ0n) is 12.7. The highest BCUT2D eigenvalue weighted by Gasteiger charge is 2.48. The molecule has 1 saturated heterocycles. The molecule has 0 spiro atoms. The molecule has 1 heterocycles. The molecule has 4 N–H and O–H groups in total. The van der Waals surface area contributed by atoms with Gasteiger partial charge < -0.3 is 30.3 Å². The molecule has 24 heavy (non-hydrogen) atoms. The summed E-state index contributed by atoms with van der Waals surface area (Å²) < 4.78 is 35.8. The summed E-state index contributed by atoms with van der Waals surface area (Å²) in [6.45, 7) is 1.69. The highest BCUT2D eigenvalue weighted by Crippen LogP contribution is 2.25. The molecule has 1 fully saturated rings. The van der Waals surface area contributed by atoms with Crippen LogP contribution in [-0.4, -0.2) is 70.0 Å². The molecule has 1 rings (SSSR count).